The molecule has 8 heteroatoms. The zero-order chi connectivity index (χ0) is 17.0. The van der Waals surface area contributed by atoms with Crippen molar-refractivity contribution in [2.75, 3.05) is 5.32 Å². The van der Waals surface area contributed by atoms with E-state index in [0.717, 1.165) is 11.8 Å². The van der Waals surface area contributed by atoms with Gasteiger partial charge in [0.15, 0.2) is 5.12 Å². The molecule has 0 fully saturated rings. The molecule has 0 aliphatic rings. The van der Waals surface area contributed by atoms with E-state index in [9.17, 15) is 9.59 Å². The Hall–Kier alpha value is -2.35. The van der Waals surface area contributed by atoms with Crippen LogP contribution in [0.3, 0.4) is 0 Å². The van der Waals surface area contributed by atoms with Crippen LogP contribution in [0.5, 0.6) is 0 Å². The predicted octanol–water partition coefficient (Wildman–Crippen LogP) is 3.72. The van der Waals surface area contributed by atoms with Crippen molar-refractivity contribution in [3.8, 4) is 11.5 Å². The first kappa shape index (κ1) is 17.0. The average molecular weight is 335 g/mol. The lowest BCUT2D eigenvalue weighted by molar-refractivity contribution is -0.109. The van der Waals surface area contributed by atoms with Gasteiger partial charge in [0.1, 0.15) is 5.60 Å². The maximum atomic E-state index is 11.7. The first-order valence-electron chi connectivity index (χ1n) is 6.85. The zero-order valence-corrected chi connectivity index (χ0v) is 14.1. The number of thioether (sulfide) groups is 1. The Morgan fingerprint density at radius 3 is 2.39 bits per heavy atom. The third-order valence-electron chi connectivity index (χ3n) is 2.41. The highest BCUT2D eigenvalue weighted by atomic mass is 32.2. The molecule has 0 aliphatic heterocycles. The summed E-state index contributed by atoms with van der Waals surface area (Å²) in [6.07, 6.45) is -0.525. The Balaban J connectivity index is 2.03. The molecule has 1 aromatic carbocycles. The summed E-state index contributed by atoms with van der Waals surface area (Å²) < 4.78 is 10.5. The highest BCUT2D eigenvalue weighted by Gasteiger charge is 2.16. The number of hydrogen-bond acceptors (Lipinski definition) is 7. The number of ether oxygens (including phenoxy) is 1. The van der Waals surface area contributed by atoms with Crippen LogP contribution in [0.25, 0.3) is 11.5 Å². The van der Waals surface area contributed by atoms with Gasteiger partial charge in [0.2, 0.25) is 5.89 Å². The first-order valence-corrected chi connectivity index (χ1v) is 7.67. The second-order valence-corrected chi connectivity index (χ2v) is 6.80. The summed E-state index contributed by atoms with van der Waals surface area (Å²) in [5.74, 6) is 0.303. The standard InChI is InChI=1S/C15H17N3O4S/c1-9(19)23-14-18-17-12(21-14)10-5-7-11(8-6-10)16-13(20)22-15(2,3)4/h5-8H,1-4H3,(H,16,20). The summed E-state index contributed by atoms with van der Waals surface area (Å²) in [6, 6.07) is 6.84. The maximum Gasteiger partial charge on any atom is 0.412 e. The van der Waals surface area contributed by atoms with Crippen molar-refractivity contribution < 1.29 is 18.7 Å². The quantitative estimate of drug-likeness (QED) is 0.854. The molecule has 0 aliphatic carbocycles. The number of benzene rings is 1. The number of aromatic nitrogens is 2. The molecule has 1 N–H and O–H groups in total. The van der Waals surface area contributed by atoms with E-state index in [2.05, 4.69) is 15.5 Å². The Morgan fingerprint density at radius 1 is 1.17 bits per heavy atom. The van der Waals surface area contributed by atoms with E-state index < -0.39 is 11.7 Å². The Morgan fingerprint density at radius 2 is 1.83 bits per heavy atom. The second-order valence-electron chi connectivity index (χ2n) is 5.67. The molecule has 122 valence electrons. The van der Waals surface area contributed by atoms with Crippen LogP contribution in [0.4, 0.5) is 10.5 Å². The van der Waals surface area contributed by atoms with Crippen LogP contribution in [0.2, 0.25) is 0 Å². The summed E-state index contributed by atoms with van der Waals surface area (Å²) in [4.78, 5) is 22.7. The number of carbonyl (C=O) groups excluding carboxylic acids is 2. The fourth-order valence-electron chi connectivity index (χ4n) is 1.61. The average Bonchev–Trinajstić information content (AvgIpc) is 2.85. The van der Waals surface area contributed by atoms with Crippen molar-refractivity contribution in [2.24, 2.45) is 0 Å². The van der Waals surface area contributed by atoms with Crippen LogP contribution in [0.15, 0.2) is 33.9 Å². The molecule has 0 spiro atoms. The normalized spacial score (nSPS) is 11.1. The van der Waals surface area contributed by atoms with Crippen LogP contribution in [0.1, 0.15) is 27.7 Å². The molecule has 0 atom stereocenters. The number of carbonyl (C=O) groups is 2. The molecule has 0 unspecified atom stereocenters. The van der Waals surface area contributed by atoms with Gasteiger partial charge in [0, 0.05) is 29.9 Å². The molecule has 0 saturated heterocycles. The maximum absolute atomic E-state index is 11.7. The van der Waals surface area contributed by atoms with Gasteiger partial charge in [-0.15, -0.1) is 10.2 Å². The molecular formula is C15H17N3O4S. The van der Waals surface area contributed by atoms with E-state index in [1.807, 2.05) is 0 Å². The summed E-state index contributed by atoms with van der Waals surface area (Å²) in [5.41, 5.74) is 0.710. The lowest BCUT2D eigenvalue weighted by Gasteiger charge is -2.19. The van der Waals surface area contributed by atoms with Gasteiger partial charge in [0.05, 0.1) is 0 Å². The monoisotopic (exact) mass is 335 g/mol. The van der Waals surface area contributed by atoms with Crippen LogP contribution in [-0.2, 0) is 9.53 Å². The molecule has 0 saturated carbocycles. The smallest absolute Gasteiger partial charge is 0.412 e. The van der Waals surface area contributed by atoms with Crippen LogP contribution in [-0.4, -0.2) is 27.0 Å². The highest BCUT2D eigenvalue weighted by Crippen LogP contribution is 2.24. The van der Waals surface area contributed by atoms with E-state index >= 15 is 0 Å². The Bertz CT molecular complexity index is 704. The van der Waals surface area contributed by atoms with Crippen LogP contribution >= 0.6 is 11.8 Å². The van der Waals surface area contributed by atoms with Crippen LogP contribution < -0.4 is 5.32 Å². The van der Waals surface area contributed by atoms with E-state index in [1.165, 1.54) is 6.92 Å². The Kier molecular flexibility index (Phi) is 5.05. The van der Waals surface area contributed by atoms with Crippen LogP contribution in [0, 0.1) is 0 Å². The molecule has 23 heavy (non-hydrogen) atoms. The van der Waals surface area contributed by atoms with E-state index in [0.29, 0.717) is 17.1 Å². The largest absolute Gasteiger partial charge is 0.444 e. The van der Waals surface area contributed by atoms with Gasteiger partial charge in [-0.3, -0.25) is 10.1 Å². The van der Waals surface area contributed by atoms with Gasteiger partial charge in [-0.05, 0) is 45.0 Å². The molecule has 1 aromatic heterocycles. The van der Waals surface area contributed by atoms with Crippen molar-refractivity contribution in [1.29, 1.82) is 0 Å². The van der Waals surface area contributed by atoms with E-state index in [-0.39, 0.29) is 10.3 Å². The zero-order valence-electron chi connectivity index (χ0n) is 13.2. The first-order chi connectivity index (χ1) is 10.7. The fraction of sp³-hybridized carbons (Fsp3) is 0.333. The molecule has 2 rings (SSSR count). The molecule has 1 heterocycles. The Labute approximate surface area is 137 Å². The van der Waals surface area contributed by atoms with Gasteiger partial charge < -0.3 is 9.15 Å². The van der Waals surface area contributed by atoms with Gasteiger partial charge >= 0.3 is 6.09 Å². The van der Waals surface area contributed by atoms with Gasteiger partial charge in [-0.1, -0.05) is 0 Å². The van der Waals surface area contributed by atoms with Gasteiger partial charge in [-0.25, -0.2) is 4.79 Å². The lowest BCUT2D eigenvalue weighted by Crippen LogP contribution is -2.27. The van der Waals surface area contributed by atoms with Crippen molar-refractivity contribution in [3.63, 3.8) is 0 Å². The minimum Gasteiger partial charge on any atom is -0.444 e. The number of nitrogens with zero attached hydrogens (tertiary/aromatic N) is 2. The SMILES string of the molecule is CC(=O)Sc1nnc(-c2ccc(NC(=O)OC(C)(C)C)cc2)o1. The minimum absolute atomic E-state index is 0.128. The minimum atomic E-state index is -0.557. The number of rotatable bonds is 3. The molecular weight excluding hydrogens is 318 g/mol. The number of anilines is 1. The third kappa shape index (κ3) is 5.41. The number of nitrogens with one attached hydrogen (secondary N) is 1. The summed E-state index contributed by atoms with van der Waals surface area (Å²) in [7, 11) is 0. The van der Waals surface area contributed by atoms with Crippen molar-refractivity contribution in [2.45, 2.75) is 38.5 Å². The topological polar surface area (TPSA) is 94.3 Å². The summed E-state index contributed by atoms with van der Waals surface area (Å²) >= 11 is 0.878. The van der Waals surface area contributed by atoms with E-state index in [1.54, 1.807) is 45.0 Å². The highest BCUT2D eigenvalue weighted by molar-refractivity contribution is 8.13. The van der Waals surface area contributed by atoms with Gasteiger partial charge in [-0.2, -0.15) is 0 Å². The van der Waals surface area contributed by atoms with Crippen molar-refractivity contribution >= 4 is 28.7 Å². The fourth-order valence-corrected chi connectivity index (χ4v) is 2.06. The number of hydrogen-bond donors (Lipinski definition) is 1. The molecule has 0 radical (unpaired) electrons. The summed E-state index contributed by atoms with van der Waals surface area (Å²) in [6.45, 7) is 6.80. The second kappa shape index (κ2) is 6.82. The lowest BCUT2D eigenvalue weighted by atomic mass is 10.2. The van der Waals surface area contributed by atoms with Gasteiger partial charge in [0.25, 0.3) is 5.22 Å². The van der Waals surface area contributed by atoms with Crippen molar-refractivity contribution in [1.82, 2.24) is 10.2 Å². The number of amides is 1. The van der Waals surface area contributed by atoms with Crippen molar-refractivity contribution in [3.05, 3.63) is 24.3 Å². The molecule has 0 bridgehead atoms. The molecule has 1 amide bonds. The molecule has 7 nitrogen and oxygen atoms in total. The third-order valence-corrected chi connectivity index (χ3v) is 3.04. The predicted molar refractivity (Wildman–Crippen MR) is 86.1 cm³/mol. The summed E-state index contributed by atoms with van der Waals surface area (Å²) in [5, 5.41) is 10.4. The van der Waals surface area contributed by atoms with E-state index in [4.69, 9.17) is 9.15 Å². The molecule has 2 aromatic rings.